The van der Waals surface area contributed by atoms with E-state index in [4.69, 9.17) is 10.2 Å². The lowest BCUT2D eigenvalue weighted by molar-refractivity contribution is -0.150. The summed E-state index contributed by atoms with van der Waals surface area (Å²) in [6.07, 6.45) is 3.44. The SMILES string of the molecule is C=CCC(CC=C)(CCC(=O)O)C(=O)O. The van der Waals surface area contributed by atoms with E-state index in [1.807, 2.05) is 0 Å². The van der Waals surface area contributed by atoms with Crippen LogP contribution in [0.1, 0.15) is 25.7 Å². The predicted molar refractivity (Wildman–Crippen MR) is 56.6 cm³/mol. The van der Waals surface area contributed by atoms with Crippen molar-refractivity contribution in [2.75, 3.05) is 0 Å². The maximum absolute atomic E-state index is 11.1. The largest absolute Gasteiger partial charge is 0.481 e. The summed E-state index contributed by atoms with van der Waals surface area (Å²) in [7, 11) is 0. The quantitative estimate of drug-likeness (QED) is 0.604. The first-order valence-electron chi connectivity index (χ1n) is 4.65. The number of aliphatic carboxylic acids is 2. The lowest BCUT2D eigenvalue weighted by Crippen LogP contribution is -2.30. The third-order valence-electron chi connectivity index (χ3n) is 2.34. The van der Waals surface area contributed by atoms with Crippen LogP contribution in [0.25, 0.3) is 0 Å². The minimum atomic E-state index is -1.07. The fraction of sp³-hybridized carbons (Fsp3) is 0.455. The van der Waals surface area contributed by atoms with Gasteiger partial charge in [0, 0.05) is 6.42 Å². The van der Waals surface area contributed by atoms with Crippen LogP contribution >= 0.6 is 0 Å². The van der Waals surface area contributed by atoms with Crippen molar-refractivity contribution in [3.8, 4) is 0 Å². The average Bonchev–Trinajstić information content (AvgIpc) is 2.14. The Morgan fingerprint density at radius 1 is 1.13 bits per heavy atom. The van der Waals surface area contributed by atoms with Gasteiger partial charge < -0.3 is 10.2 Å². The molecular weight excluding hydrogens is 196 g/mol. The van der Waals surface area contributed by atoms with Crippen LogP contribution in [-0.4, -0.2) is 22.2 Å². The summed E-state index contributed by atoms with van der Waals surface area (Å²) in [5.41, 5.74) is -1.07. The van der Waals surface area contributed by atoms with E-state index in [9.17, 15) is 9.59 Å². The van der Waals surface area contributed by atoms with Crippen molar-refractivity contribution in [3.05, 3.63) is 25.3 Å². The maximum atomic E-state index is 11.1. The summed E-state index contributed by atoms with van der Waals surface area (Å²) in [5, 5.41) is 17.7. The van der Waals surface area contributed by atoms with Gasteiger partial charge in [-0.1, -0.05) is 12.2 Å². The highest BCUT2D eigenvalue weighted by Crippen LogP contribution is 2.33. The van der Waals surface area contributed by atoms with E-state index in [1.54, 1.807) is 0 Å². The number of allylic oxidation sites excluding steroid dienone is 2. The van der Waals surface area contributed by atoms with Gasteiger partial charge in [-0.2, -0.15) is 0 Å². The second kappa shape index (κ2) is 6.01. The molecule has 0 fully saturated rings. The van der Waals surface area contributed by atoms with Gasteiger partial charge in [0.2, 0.25) is 0 Å². The van der Waals surface area contributed by atoms with Gasteiger partial charge in [-0.05, 0) is 19.3 Å². The van der Waals surface area contributed by atoms with Crippen molar-refractivity contribution in [2.24, 2.45) is 5.41 Å². The van der Waals surface area contributed by atoms with Gasteiger partial charge in [0.1, 0.15) is 0 Å². The minimum Gasteiger partial charge on any atom is -0.481 e. The molecule has 4 heteroatoms. The minimum absolute atomic E-state index is 0.0930. The van der Waals surface area contributed by atoms with E-state index in [0.29, 0.717) is 0 Å². The van der Waals surface area contributed by atoms with E-state index in [2.05, 4.69) is 13.2 Å². The summed E-state index contributed by atoms with van der Waals surface area (Å²) in [6, 6.07) is 0. The molecule has 0 saturated heterocycles. The fourth-order valence-electron chi connectivity index (χ4n) is 1.47. The molecule has 0 spiro atoms. The van der Waals surface area contributed by atoms with Crippen LogP contribution in [-0.2, 0) is 9.59 Å². The third kappa shape index (κ3) is 3.97. The summed E-state index contributed by atoms with van der Waals surface area (Å²) in [4.78, 5) is 21.6. The van der Waals surface area contributed by atoms with E-state index >= 15 is 0 Å². The van der Waals surface area contributed by atoms with E-state index in [0.717, 1.165) is 0 Å². The second-order valence-corrected chi connectivity index (χ2v) is 3.46. The smallest absolute Gasteiger partial charge is 0.310 e. The van der Waals surface area contributed by atoms with E-state index < -0.39 is 17.4 Å². The van der Waals surface area contributed by atoms with Crippen LogP contribution < -0.4 is 0 Å². The van der Waals surface area contributed by atoms with Crippen LogP contribution in [0.15, 0.2) is 25.3 Å². The Labute approximate surface area is 88.9 Å². The normalized spacial score (nSPS) is 10.7. The van der Waals surface area contributed by atoms with Gasteiger partial charge in [0.25, 0.3) is 0 Å². The van der Waals surface area contributed by atoms with Gasteiger partial charge >= 0.3 is 11.9 Å². The summed E-state index contributed by atoms with van der Waals surface area (Å²) in [6.45, 7) is 6.98. The van der Waals surface area contributed by atoms with Gasteiger partial charge in [0.15, 0.2) is 0 Å². The Bertz CT molecular complexity index is 258. The van der Waals surface area contributed by atoms with E-state index in [1.165, 1.54) is 12.2 Å². The highest BCUT2D eigenvalue weighted by atomic mass is 16.4. The number of carbonyl (C=O) groups is 2. The molecule has 0 bridgehead atoms. The van der Waals surface area contributed by atoms with Crippen LogP contribution in [0.4, 0.5) is 0 Å². The van der Waals surface area contributed by atoms with Crippen molar-refractivity contribution < 1.29 is 19.8 Å². The zero-order valence-corrected chi connectivity index (χ0v) is 8.61. The first-order valence-corrected chi connectivity index (χ1v) is 4.65. The fourth-order valence-corrected chi connectivity index (χ4v) is 1.47. The molecule has 0 saturated carbocycles. The number of carboxylic acids is 2. The molecule has 0 aromatic heterocycles. The first kappa shape index (κ1) is 13.4. The van der Waals surface area contributed by atoms with Crippen molar-refractivity contribution in [1.82, 2.24) is 0 Å². The molecule has 0 aromatic rings. The summed E-state index contributed by atoms with van der Waals surface area (Å²) < 4.78 is 0. The van der Waals surface area contributed by atoms with Crippen LogP contribution in [0.3, 0.4) is 0 Å². The Morgan fingerprint density at radius 2 is 1.60 bits per heavy atom. The molecule has 0 aromatic carbocycles. The molecule has 15 heavy (non-hydrogen) atoms. The van der Waals surface area contributed by atoms with Crippen molar-refractivity contribution in [2.45, 2.75) is 25.7 Å². The highest BCUT2D eigenvalue weighted by molar-refractivity contribution is 5.76. The number of hydrogen-bond acceptors (Lipinski definition) is 2. The Hall–Kier alpha value is -1.58. The molecule has 0 atom stereocenters. The summed E-state index contributed by atoms with van der Waals surface area (Å²) >= 11 is 0. The number of hydrogen-bond donors (Lipinski definition) is 2. The number of carboxylic acid groups (broad SMARTS) is 2. The average molecular weight is 212 g/mol. The van der Waals surface area contributed by atoms with Crippen molar-refractivity contribution >= 4 is 11.9 Å². The second-order valence-electron chi connectivity index (χ2n) is 3.46. The maximum Gasteiger partial charge on any atom is 0.310 e. The molecule has 0 aliphatic rings. The first-order chi connectivity index (χ1) is 6.98. The summed E-state index contributed by atoms with van der Waals surface area (Å²) in [5.74, 6) is -1.99. The van der Waals surface area contributed by atoms with Gasteiger partial charge in [-0.25, -0.2) is 0 Å². The van der Waals surface area contributed by atoms with Gasteiger partial charge in [-0.15, -0.1) is 13.2 Å². The van der Waals surface area contributed by atoms with Crippen LogP contribution in [0.5, 0.6) is 0 Å². The molecule has 0 radical (unpaired) electrons. The molecule has 2 N–H and O–H groups in total. The molecular formula is C11H16O4. The van der Waals surface area contributed by atoms with Gasteiger partial charge in [-0.3, -0.25) is 9.59 Å². The Morgan fingerprint density at radius 3 is 1.87 bits per heavy atom. The monoisotopic (exact) mass is 212 g/mol. The molecule has 0 aliphatic heterocycles. The number of rotatable bonds is 8. The standard InChI is InChI=1S/C11H16O4/c1-3-6-11(7-4-2,10(14)15)8-5-9(12)13/h3-4H,1-2,5-8H2,(H,12,13)(H,14,15). The zero-order chi connectivity index (χ0) is 11.9. The zero-order valence-electron chi connectivity index (χ0n) is 8.61. The lowest BCUT2D eigenvalue weighted by Gasteiger charge is -2.26. The highest BCUT2D eigenvalue weighted by Gasteiger charge is 2.36. The molecule has 4 nitrogen and oxygen atoms in total. The molecule has 0 heterocycles. The molecule has 0 aliphatic carbocycles. The molecule has 0 unspecified atom stereocenters. The lowest BCUT2D eigenvalue weighted by atomic mass is 9.77. The third-order valence-corrected chi connectivity index (χ3v) is 2.34. The van der Waals surface area contributed by atoms with Crippen LogP contribution in [0.2, 0.25) is 0 Å². The van der Waals surface area contributed by atoms with Gasteiger partial charge in [0.05, 0.1) is 5.41 Å². The Kier molecular flexibility index (Phi) is 5.37. The Balaban J connectivity index is 4.75. The topological polar surface area (TPSA) is 74.6 Å². The molecule has 0 amide bonds. The van der Waals surface area contributed by atoms with E-state index in [-0.39, 0.29) is 25.7 Å². The van der Waals surface area contributed by atoms with Crippen LogP contribution in [0, 0.1) is 5.41 Å². The molecule has 84 valence electrons. The van der Waals surface area contributed by atoms with Crippen molar-refractivity contribution in [1.29, 1.82) is 0 Å². The molecule has 0 rings (SSSR count). The van der Waals surface area contributed by atoms with Crippen molar-refractivity contribution in [3.63, 3.8) is 0 Å². The predicted octanol–water partition coefficient (Wildman–Crippen LogP) is 2.07.